The molecular formula is C21H24N2O7S. The monoisotopic (exact) mass is 448 g/mol. The molecule has 2 aromatic rings. The molecule has 3 rings (SSSR count). The van der Waals surface area contributed by atoms with Gasteiger partial charge in [0, 0.05) is 11.8 Å². The number of rotatable bonds is 8. The van der Waals surface area contributed by atoms with Gasteiger partial charge in [-0.25, -0.2) is 8.42 Å². The van der Waals surface area contributed by atoms with E-state index in [0.29, 0.717) is 30.4 Å². The Balaban J connectivity index is 1.64. The molecule has 0 aromatic heterocycles. The van der Waals surface area contributed by atoms with Crippen molar-refractivity contribution in [3.63, 3.8) is 0 Å². The van der Waals surface area contributed by atoms with Gasteiger partial charge < -0.3 is 19.5 Å². The van der Waals surface area contributed by atoms with E-state index in [1.807, 2.05) is 0 Å². The number of ether oxygens (including phenoxy) is 3. The second kappa shape index (κ2) is 9.80. The Hall–Kier alpha value is -3.11. The highest BCUT2D eigenvalue weighted by Crippen LogP contribution is 2.32. The Morgan fingerprint density at radius 3 is 2.39 bits per heavy atom. The van der Waals surface area contributed by atoms with Gasteiger partial charge in [-0.05, 0) is 30.2 Å². The van der Waals surface area contributed by atoms with E-state index in [-0.39, 0.29) is 4.90 Å². The van der Waals surface area contributed by atoms with Gasteiger partial charge >= 0.3 is 5.97 Å². The number of carbonyl (C=O) groups excluding carboxylic acids is 2. The lowest BCUT2D eigenvalue weighted by molar-refractivity contribution is -0.150. The molecular weight excluding hydrogens is 424 g/mol. The highest BCUT2D eigenvalue weighted by atomic mass is 32.2. The number of anilines is 1. The van der Waals surface area contributed by atoms with Crippen LogP contribution < -0.4 is 19.5 Å². The van der Waals surface area contributed by atoms with Gasteiger partial charge in [0.2, 0.25) is 10.0 Å². The molecule has 0 spiro atoms. The number of nitrogens with one attached hydrogen (secondary N) is 2. The zero-order valence-corrected chi connectivity index (χ0v) is 18.0. The van der Waals surface area contributed by atoms with Crippen molar-refractivity contribution in [2.24, 2.45) is 5.92 Å². The molecule has 0 radical (unpaired) electrons. The number of sulfonamides is 1. The molecule has 10 heteroatoms. The Labute approximate surface area is 180 Å². The molecule has 0 aliphatic carbocycles. The summed E-state index contributed by atoms with van der Waals surface area (Å²) in [5.41, 5.74) is 0.559. The summed E-state index contributed by atoms with van der Waals surface area (Å²) >= 11 is 0. The Kier molecular flexibility index (Phi) is 7.13. The average Bonchev–Trinajstić information content (AvgIpc) is 2.76. The molecule has 0 saturated carbocycles. The highest BCUT2D eigenvalue weighted by molar-refractivity contribution is 7.89. The Morgan fingerprint density at radius 1 is 1.03 bits per heavy atom. The molecule has 0 unspecified atom stereocenters. The predicted molar refractivity (Wildman–Crippen MR) is 112 cm³/mol. The number of para-hydroxylation sites is 1. The summed E-state index contributed by atoms with van der Waals surface area (Å²) in [4.78, 5) is 24.4. The third kappa shape index (κ3) is 5.96. The first kappa shape index (κ1) is 22.6. The zero-order chi connectivity index (χ0) is 22.4. The fourth-order valence-corrected chi connectivity index (χ4v) is 4.18. The van der Waals surface area contributed by atoms with E-state index in [1.165, 1.54) is 18.2 Å². The molecule has 166 valence electrons. The molecule has 1 amide bonds. The van der Waals surface area contributed by atoms with E-state index in [1.54, 1.807) is 44.2 Å². The number of fused-ring (bicyclic) bond motifs is 1. The molecule has 9 nitrogen and oxygen atoms in total. The van der Waals surface area contributed by atoms with Gasteiger partial charge in [-0.15, -0.1) is 0 Å². The lowest BCUT2D eigenvalue weighted by atomic mass is 10.1. The highest BCUT2D eigenvalue weighted by Gasteiger charge is 2.31. The summed E-state index contributed by atoms with van der Waals surface area (Å²) in [6, 6.07) is 11.7. The maximum absolute atomic E-state index is 12.8. The summed E-state index contributed by atoms with van der Waals surface area (Å²) in [6.45, 7) is 3.50. The maximum Gasteiger partial charge on any atom is 0.324 e. The molecule has 0 saturated heterocycles. The summed E-state index contributed by atoms with van der Waals surface area (Å²) in [5.74, 6) is -1.03. The molecule has 1 heterocycles. The minimum atomic E-state index is -4.06. The van der Waals surface area contributed by atoms with Crippen LogP contribution in [-0.4, -0.2) is 46.2 Å². The van der Waals surface area contributed by atoms with Crippen LogP contribution in [0.3, 0.4) is 0 Å². The summed E-state index contributed by atoms with van der Waals surface area (Å²) in [7, 11) is -4.06. The fraction of sp³-hybridized carbons (Fsp3) is 0.333. The lowest BCUT2D eigenvalue weighted by Crippen LogP contribution is -2.45. The minimum absolute atomic E-state index is 0.0722. The van der Waals surface area contributed by atoms with Crippen LogP contribution in [0.15, 0.2) is 53.4 Å². The maximum atomic E-state index is 12.8. The molecule has 2 aromatic carbocycles. The normalized spacial score (nSPS) is 14.0. The van der Waals surface area contributed by atoms with Crippen LogP contribution in [0.4, 0.5) is 5.69 Å². The van der Waals surface area contributed by atoms with E-state index >= 15 is 0 Å². The van der Waals surface area contributed by atoms with Crippen molar-refractivity contribution in [3.05, 3.63) is 48.5 Å². The van der Waals surface area contributed by atoms with Crippen molar-refractivity contribution in [2.75, 3.05) is 25.1 Å². The van der Waals surface area contributed by atoms with Crippen LogP contribution in [0.25, 0.3) is 0 Å². The quantitative estimate of drug-likeness (QED) is 0.592. The fourth-order valence-electron chi connectivity index (χ4n) is 2.83. The smallest absolute Gasteiger partial charge is 0.324 e. The van der Waals surface area contributed by atoms with Crippen LogP contribution in [0.1, 0.15) is 13.8 Å². The molecule has 0 fully saturated rings. The SMILES string of the molecule is CC(C)[C@@H](NS(=O)(=O)c1ccc2c(c1)OCCO2)C(=O)OCC(=O)Nc1ccccc1. The van der Waals surface area contributed by atoms with Crippen molar-refractivity contribution in [1.82, 2.24) is 4.72 Å². The second-order valence-corrected chi connectivity index (χ2v) is 8.88. The summed E-state index contributed by atoms with van der Waals surface area (Å²) in [6.07, 6.45) is 0. The predicted octanol–water partition coefficient (Wildman–Crippen LogP) is 1.94. The van der Waals surface area contributed by atoms with Crippen molar-refractivity contribution in [1.29, 1.82) is 0 Å². The molecule has 1 aliphatic rings. The Morgan fingerprint density at radius 2 is 1.71 bits per heavy atom. The van der Waals surface area contributed by atoms with Crippen LogP contribution >= 0.6 is 0 Å². The first-order valence-electron chi connectivity index (χ1n) is 9.70. The Bertz CT molecular complexity index is 1040. The van der Waals surface area contributed by atoms with Gasteiger partial charge in [0.25, 0.3) is 5.91 Å². The largest absolute Gasteiger partial charge is 0.486 e. The molecule has 1 aliphatic heterocycles. The zero-order valence-electron chi connectivity index (χ0n) is 17.2. The van der Waals surface area contributed by atoms with E-state index in [4.69, 9.17) is 14.2 Å². The first-order valence-corrected chi connectivity index (χ1v) is 11.2. The summed E-state index contributed by atoms with van der Waals surface area (Å²) < 4.78 is 43.9. The summed E-state index contributed by atoms with van der Waals surface area (Å²) in [5, 5.41) is 2.59. The number of hydrogen-bond donors (Lipinski definition) is 2. The average molecular weight is 448 g/mol. The number of benzene rings is 2. The lowest BCUT2D eigenvalue weighted by Gasteiger charge is -2.22. The third-order valence-corrected chi connectivity index (χ3v) is 5.87. The van der Waals surface area contributed by atoms with Crippen LogP contribution in [0, 0.1) is 5.92 Å². The van der Waals surface area contributed by atoms with Gasteiger partial charge in [0.05, 0.1) is 4.90 Å². The third-order valence-electron chi connectivity index (χ3n) is 4.43. The van der Waals surface area contributed by atoms with Gasteiger partial charge in [0.15, 0.2) is 18.1 Å². The van der Waals surface area contributed by atoms with Gasteiger partial charge in [-0.3, -0.25) is 9.59 Å². The molecule has 31 heavy (non-hydrogen) atoms. The second-order valence-electron chi connectivity index (χ2n) is 7.17. The minimum Gasteiger partial charge on any atom is -0.486 e. The van der Waals surface area contributed by atoms with Crippen molar-refractivity contribution in [2.45, 2.75) is 24.8 Å². The number of hydrogen-bond acceptors (Lipinski definition) is 7. The van der Waals surface area contributed by atoms with Crippen molar-refractivity contribution in [3.8, 4) is 11.5 Å². The number of carbonyl (C=O) groups is 2. The van der Waals surface area contributed by atoms with Crippen molar-refractivity contribution < 1.29 is 32.2 Å². The number of amides is 1. The number of esters is 1. The van der Waals surface area contributed by atoms with Gasteiger partial charge in [-0.1, -0.05) is 32.0 Å². The standard InChI is InChI=1S/C21H24N2O7S/c1-14(2)20(21(25)30-13-19(24)22-15-6-4-3-5-7-15)23-31(26,27)16-8-9-17-18(12-16)29-11-10-28-17/h3-9,12,14,20,23H,10-11,13H2,1-2H3,(H,22,24)/t20-/m1/s1. The van der Waals surface area contributed by atoms with Crippen LogP contribution in [0.2, 0.25) is 0 Å². The first-order chi connectivity index (χ1) is 14.8. The van der Waals surface area contributed by atoms with Gasteiger partial charge in [-0.2, -0.15) is 4.72 Å². The van der Waals surface area contributed by atoms with Crippen LogP contribution in [0.5, 0.6) is 11.5 Å². The molecule has 0 bridgehead atoms. The molecule has 2 N–H and O–H groups in total. The van der Waals surface area contributed by atoms with Gasteiger partial charge in [0.1, 0.15) is 19.3 Å². The van der Waals surface area contributed by atoms with E-state index in [2.05, 4.69) is 10.0 Å². The molecule has 1 atom stereocenters. The van der Waals surface area contributed by atoms with E-state index in [9.17, 15) is 18.0 Å². The van der Waals surface area contributed by atoms with Crippen molar-refractivity contribution >= 4 is 27.6 Å². The van der Waals surface area contributed by atoms with Crippen LogP contribution in [-0.2, 0) is 24.3 Å². The van der Waals surface area contributed by atoms with E-state index < -0.39 is 40.5 Å². The topological polar surface area (TPSA) is 120 Å². The van der Waals surface area contributed by atoms with E-state index in [0.717, 1.165) is 0 Å².